The maximum Gasteiger partial charge on any atom is 0.150 e. The molecule has 3 saturated heterocycles. The van der Waals surface area contributed by atoms with Gasteiger partial charge >= 0.3 is 0 Å². The molecule has 188 valence electrons. The SMILES string of the molecule is CC.c1cc2c(N3CCOCC3)cc(N3CCOCC3)nc2c(-c2ccnn2C2CCCCO2)n1. The zero-order valence-electron chi connectivity index (χ0n) is 20.9. The van der Waals surface area contributed by atoms with E-state index in [0.717, 1.165) is 107 Å². The van der Waals surface area contributed by atoms with E-state index in [1.165, 1.54) is 5.69 Å². The maximum absolute atomic E-state index is 6.04. The van der Waals surface area contributed by atoms with E-state index in [9.17, 15) is 0 Å². The van der Waals surface area contributed by atoms with Crippen LogP contribution in [-0.2, 0) is 14.2 Å². The van der Waals surface area contributed by atoms with Crippen molar-refractivity contribution >= 4 is 22.4 Å². The van der Waals surface area contributed by atoms with Gasteiger partial charge < -0.3 is 24.0 Å². The van der Waals surface area contributed by atoms with Gasteiger partial charge in [-0.15, -0.1) is 0 Å². The van der Waals surface area contributed by atoms with Gasteiger partial charge in [0.25, 0.3) is 0 Å². The van der Waals surface area contributed by atoms with Crippen molar-refractivity contribution in [2.45, 2.75) is 39.3 Å². The third-order valence-corrected chi connectivity index (χ3v) is 6.72. The standard InChI is InChI=1S/C24H30N6O3.C2H6/c1-2-12-33-22(3-1)30-19(5-7-26-30)24-23-18(4-6-25-24)20(28-8-13-31-14-9-28)17-21(27-23)29-10-15-32-16-11-29;1-2/h4-7,17,22H,1-3,8-16H2;1-2H3. The molecule has 9 heteroatoms. The summed E-state index contributed by atoms with van der Waals surface area (Å²) in [4.78, 5) is 14.7. The molecule has 1 unspecified atom stereocenters. The summed E-state index contributed by atoms with van der Waals surface area (Å²) in [6.07, 6.45) is 6.88. The maximum atomic E-state index is 6.04. The van der Waals surface area contributed by atoms with E-state index >= 15 is 0 Å². The lowest BCUT2D eigenvalue weighted by Crippen LogP contribution is -2.38. The van der Waals surface area contributed by atoms with Gasteiger partial charge in [0.15, 0.2) is 6.23 Å². The number of ether oxygens (including phenoxy) is 3. The fourth-order valence-electron chi connectivity index (χ4n) is 4.98. The second-order valence-electron chi connectivity index (χ2n) is 8.74. The van der Waals surface area contributed by atoms with E-state index in [4.69, 9.17) is 24.2 Å². The Morgan fingerprint density at radius 2 is 1.60 bits per heavy atom. The van der Waals surface area contributed by atoms with Crippen LogP contribution in [0.25, 0.3) is 22.3 Å². The second kappa shape index (κ2) is 11.3. The minimum absolute atomic E-state index is 0.0538. The molecule has 35 heavy (non-hydrogen) atoms. The van der Waals surface area contributed by atoms with Gasteiger partial charge in [-0.1, -0.05) is 13.8 Å². The molecule has 0 amide bonds. The number of hydrogen-bond acceptors (Lipinski definition) is 8. The molecule has 0 aromatic carbocycles. The topological polar surface area (TPSA) is 77.8 Å². The van der Waals surface area contributed by atoms with Crippen LogP contribution >= 0.6 is 0 Å². The molecule has 1 atom stereocenters. The average Bonchev–Trinajstić information content (AvgIpc) is 3.44. The summed E-state index contributed by atoms with van der Waals surface area (Å²) in [5.74, 6) is 0.974. The Morgan fingerprint density at radius 3 is 2.31 bits per heavy atom. The highest BCUT2D eigenvalue weighted by molar-refractivity contribution is 6.00. The van der Waals surface area contributed by atoms with Gasteiger partial charge in [-0.25, -0.2) is 9.67 Å². The fourth-order valence-corrected chi connectivity index (χ4v) is 4.98. The lowest BCUT2D eigenvalue weighted by molar-refractivity contribution is -0.0383. The molecule has 0 N–H and O–H groups in total. The van der Waals surface area contributed by atoms with Crippen molar-refractivity contribution in [1.82, 2.24) is 19.7 Å². The summed E-state index contributed by atoms with van der Waals surface area (Å²) in [6.45, 7) is 11.1. The molecule has 0 aliphatic carbocycles. The average molecular weight is 481 g/mol. The molecule has 3 aliphatic heterocycles. The van der Waals surface area contributed by atoms with Gasteiger partial charge in [0.1, 0.15) is 17.0 Å². The number of anilines is 2. The van der Waals surface area contributed by atoms with Crippen LogP contribution in [0.4, 0.5) is 11.5 Å². The number of pyridine rings is 2. The van der Waals surface area contributed by atoms with Gasteiger partial charge in [0.2, 0.25) is 0 Å². The zero-order chi connectivity index (χ0) is 24.0. The van der Waals surface area contributed by atoms with Crippen molar-refractivity contribution < 1.29 is 14.2 Å². The van der Waals surface area contributed by atoms with Crippen molar-refractivity contribution in [3.63, 3.8) is 0 Å². The number of morpholine rings is 2. The first-order valence-electron chi connectivity index (χ1n) is 13.0. The van der Waals surface area contributed by atoms with Crippen LogP contribution in [0, 0.1) is 0 Å². The summed E-state index contributed by atoms with van der Waals surface area (Å²) in [7, 11) is 0. The van der Waals surface area contributed by atoms with E-state index in [1.54, 1.807) is 0 Å². The van der Waals surface area contributed by atoms with E-state index in [-0.39, 0.29) is 6.23 Å². The van der Waals surface area contributed by atoms with E-state index < -0.39 is 0 Å². The Balaban J connectivity index is 0.00000124. The number of nitrogens with zero attached hydrogens (tertiary/aromatic N) is 6. The second-order valence-corrected chi connectivity index (χ2v) is 8.74. The van der Waals surface area contributed by atoms with Crippen LogP contribution in [0.1, 0.15) is 39.3 Å². The number of aromatic nitrogens is 4. The lowest BCUT2D eigenvalue weighted by atomic mass is 10.1. The largest absolute Gasteiger partial charge is 0.378 e. The molecule has 3 aromatic rings. The van der Waals surface area contributed by atoms with E-state index in [0.29, 0.717) is 0 Å². The number of fused-ring (bicyclic) bond motifs is 1. The molecule has 3 fully saturated rings. The molecule has 3 aliphatic rings. The van der Waals surface area contributed by atoms with Crippen LogP contribution in [0.2, 0.25) is 0 Å². The third kappa shape index (κ3) is 4.98. The van der Waals surface area contributed by atoms with E-state index in [2.05, 4.69) is 27.0 Å². The summed E-state index contributed by atoms with van der Waals surface area (Å²) in [6, 6.07) is 6.33. The first-order chi connectivity index (χ1) is 17.4. The van der Waals surface area contributed by atoms with Crippen LogP contribution in [0.15, 0.2) is 30.6 Å². The van der Waals surface area contributed by atoms with Crippen molar-refractivity contribution in [1.29, 1.82) is 0 Å². The first kappa shape index (κ1) is 24.0. The Kier molecular flexibility index (Phi) is 7.75. The summed E-state index contributed by atoms with van der Waals surface area (Å²) >= 11 is 0. The van der Waals surface area contributed by atoms with Crippen molar-refractivity contribution in [3.05, 3.63) is 30.6 Å². The highest BCUT2D eigenvalue weighted by atomic mass is 16.5. The summed E-state index contributed by atoms with van der Waals surface area (Å²) < 4.78 is 19.2. The van der Waals surface area contributed by atoms with Gasteiger partial charge in [0, 0.05) is 56.6 Å². The molecule has 6 rings (SSSR count). The Hall–Kier alpha value is -2.75. The number of rotatable bonds is 4. The van der Waals surface area contributed by atoms with Gasteiger partial charge in [-0.05, 0) is 31.4 Å². The van der Waals surface area contributed by atoms with Gasteiger partial charge in [-0.2, -0.15) is 5.10 Å². The minimum atomic E-state index is -0.0538. The molecule has 0 radical (unpaired) electrons. The fraction of sp³-hybridized carbons (Fsp3) is 0.577. The highest BCUT2D eigenvalue weighted by Gasteiger charge is 2.25. The van der Waals surface area contributed by atoms with Crippen molar-refractivity contribution in [3.8, 4) is 11.4 Å². The molecular formula is C26H36N6O3. The molecular weight excluding hydrogens is 444 g/mol. The molecule has 0 bridgehead atoms. The normalized spacial score (nSPS) is 21.0. The summed E-state index contributed by atoms with van der Waals surface area (Å²) in [5.41, 5.74) is 3.89. The zero-order valence-corrected chi connectivity index (χ0v) is 20.9. The minimum Gasteiger partial charge on any atom is -0.378 e. The summed E-state index contributed by atoms with van der Waals surface area (Å²) in [5, 5.41) is 5.73. The van der Waals surface area contributed by atoms with Crippen LogP contribution in [0.5, 0.6) is 0 Å². The highest BCUT2D eigenvalue weighted by Crippen LogP contribution is 2.36. The molecule has 6 heterocycles. The van der Waals surface area contributed by atoms with Gasteiger partial charge in [-0.3, -0.25) is 4.98 Å². The molecule has 0 saturated carbocycles. The number of hydrogen-bond donors (Lipinski definition) is 0. The predicted molar refractivity (Wildman–Crippen MR) is 137 cm³/mol. The lowest BCUT2D eigenvalue weighted by Gasteiger charge is -2.33. The first-order valence-corrected chi connectivity index (χ1v) is 13.0. The quantitative estimate of drug-likeness (QED) is 0.557. The van der Waals surface area contributed by atoms with Gasteiger partial charge in [0.05, 0.1) is 37.8 Å². The molecule has 3 aromatic heterocycles. The molecule has 9 nitrogen and oxygen atoms in total. The third-order valence-electron chi connectivity index (χ3n) is 6.72. The van der Waals surface area contributed by atoms with Crippen molar-refractivity contribution in [2.75, 3.05) is 69.0 Å². The smallest absolute Gasteiger partial charge is 0.150 e. The Bertz CT molecular complexity index is 1100. The monoisotopic (exact) mass is 480 g/mol. The van der Waals surface area contributed by atoms with Crippen LogP contribution in [-0.4, -0.2) is 79.0 Å². The van der Waals surface area contributed by atoms with E-state index in [1.807, 2.05) is 37.0 Å². The Labute approximate surface area is 207 Å². The van der Waals surface area contributed by atoms with Crippen molar-refractivity contribution in [2.24, 2.45) is 0 Å². The predicted octanol–water partition coefficient (Wildman–Crippen LogP) is 3.89. The van der Waals surface area contributed by atoms with Crippen LogP contribution in [0.3, 0.4) is 0 Å². The van der Waals surface area contributed by atoms with Crippen LogP contribution < -0.4 is 9.80 Å². The Morgan fingerprint density at radius 1 is 0.857 bits per heavy atom. The molecule has 0 spiro atoms.